The van der Waals surface area contributed by atoms with Gasteiger partial charge in [0.15, 0.2) is 0 Å². The van der Waals surface area contributed by atoms with Crippen LogP contribution in [0.15, 0.2) is 0 Å². The lowest BCUT2D eigenvalue weighted by Crippen LogP contribution is -2.44. The third-order valence-corrected chi connectivity index (χ3v) is 1.15. The summed E-state index contributed by atoms with van der Waals surface area (Å²) in [5.41, 5.74) is 0. The van der Waals surface area contributed by atoms with Gasteiger partial charge in [0.05, 0.1) is 6.54 Å². The Morgan fingerprint density at radius 3 is 1.81 bits per heavy atom. The van der Waals surface area contributed by atoms with Crippen LogP contribution in [0.3, 0.4) is 0 Å². The Bertz CT molecular complexity index is 271. The smallest absolute Gasteiger partial charge is 0.345 e. The Balaban J connectivity index is 3.88. The molecule has 0 aromatic heterocycles. The van der Waals surface area contributed by atoms with Crippen molar-refractivity contribution >= 4 is 11.8 Å². The van der Waals surface area contributed by atoms with Gasteiger partial charge in [-0.2, -0.15) is 26.3 Å². The second kappa shape index (κ2) is 5.03. The molecule has 94 valence electrons. The van der Waals surface area contributed by atoms with Crippen molar-refractivity contribution in [1.29, 1.82) is 0 Å². The number of amides is 2. The normalized spacial score (nSPS) is 12.1. The van der Waals surface area contributed by atoms with Crippen molar-refractivity contribution in [3.63, 3.8) is 0 Å². The molecule has 0 aliphatic rings. The van der Waals surface area contributed by atoms with Crippen molar-refractivity contribution in [2.45, 2.75) is 12.4 Å². The molecule has 0 aliphatic carbocycles. The molecule has 0 heterocycles. The van der Waals surface area contributed by atoms with E-state index in [-0.39, 0.29) is 0 Å². The first-order valence-corrected chi connectivity index (χ1v) is 3.71. The van der Waals surface area contributed by atoms with E-state index in [1.54, 1.807) is 0 Å². The SMILES string of the molecule is O=C(CNC(=O)C(F)(F)F)NCC(F)(F)F. The van der Waals surface area contributed by atoms with Crippen molar-refractivity contribution in [3.05, 3.63) is 0 Å². The van der Waals surface area contributed by atoms with E-state index >= 15 is 0 Å². The molecule has 0 spiro atoms. The highest BCUT2D eigenvalue weighted by Crippen LogP contribution is 2.14. The number of alkyl halides is 6. The number of halogens is 6. The quantitative estimate of drug-likeness (QED) is 0.712. The minimum absolute atomic E-state index is 1.12. The lowest BCUT2D eigenvalue weighted by molar-refractivity contribution is -0.173. The third-order valence-electron chi connectivity index (χ3n) is 1.15. The molecule has 0 saturated heterocycles. The van der Waals surface area contributed by atoms with Crippen LogP contribution in [0.25, 0.3) is 0 Å². The number of nitrogens with one attached hydrogen (secondary N) is 2. The zero-order chi connectivity index (χ0) is 13.0. The lowest BCUT2D eigenvalue weighted by Gasteiger charge is -2.09. The van der Waals surface area contributed by atoms with E-state index in [9.17, 15) is 35.9 Å². The maximum Gasteiger partial charge on any atom is 0.471 e. The summed E-state index contributed by atoms with van der Waals surface area (Å²) in [5, 5.41) is 2.40. The minimum atomic E-state index is -5.18. The van der Waals surface area contributed by atoms with Crippen LogP contribution in [0.5, 0.6) is 0 Å². The molecule has 4 nitrogen and oxygen atoms in total. The molecule has 0 aromatic rings. The highest BCUT2D eigenvalue weighted by molar-refractivity contribution is 5.87. The molecule has 0 saturated carbocycles. The van der Waals surface area contributed by atoms with Crippen LogP contribution in [0, 0.1) is 0 Å². The van der Waals surface area contributed by atoms with Gasteiger partial charge in [-0.1, -0.05) is 0 Å². The molecular formula is C6H6F6N2O2. The van der Waals surface area contributed by atoms with Crippen LogP contribution >= 0.6 is 0 Å². The maximum atomic E-state index is 11.6. The highest BCUT2D eigenvalue weighted by Gasteiger charge is 2.38. The number of carbonyl (C=O) groups excluding carboxylic acids is 2. The highest BCUT2D eigenvalue weighted by atomic mass is 19.4. The average molecular weight is 252 g/mol. The van der Waals surface area contributed by atoms with E-state index in [4.69, 9.17) is 0 Å². The maximum absolute atomic E-state index is 11.6. The summed E-state index contributed by atoms with van der Waals surface area (Å²) in [6, 6.07) is 0. The van der Waals surface area contributed by atoms with Gasteiger partial charge >= 0.3 is 18.3 Å². The summed E-state index contributed by atoms with van der Waals surface area (Å²) in [6.07, 6.45) is -9.84. The number of hydrogen-bond acceptors (Lipinski definition) is 2. The molecule has 0 atom stereocenters. The summed E-state index contributed by atoms with van der Waals surface area (Å²) in [7, 11) is 0. The first-order chi connectivity index (χ1) is 7.02. The fourth-order valence-corrected chi connectivity index (χ4v) is 0.522. The van der Waals surface area contributed by atoms with Crippen molar-refractivity contribution in [2.75, 3.05) is 13.1 Å². The molecule has 0 aromatic carbocycles. The zero-order valence-electron chi connectivity index (χ0n) is 7.50. The summed E-state index contributed by atoms with van der Waals surface area (Å²) >= 11 is 0. The predicted octanol–water partition coefficient (Wildman–Crippen LogP) is 0.343. The van der Waals surface area contributed by atoms with Gasteiger partial charge in [0.25, 0.3) is 0 Å². The zero-order valence-corrected chi connectivity index (χ0v) is 7.50. The van der Waals surface area contributed by atoms with Crippen molar-refractivity contribution in [1.82, 2.24) is 10.6 Å². The predicted molar refractivity (Wildman–Crippen MR) is 38.1 cm³/mol. The summed E-state index contributed by atoms with van der Waals surface area (Å²) in [4.78, 5) is 20.7. The van der Waals surface area contributed by atoms with Gasteiger partial charge in [-0.25, -0.2) is 0 Å². The largest absolute Gasteiger partial charge is 0.471 e. The summed E-state index contributed by atoms with van der Waals surface area (Å²) < 4.78 is 69.2. The van der Waals surface area contributed by atoms with Gasteiger partial charge in [-0.05, 0) is 0 Å². The van der Waals surface area contributed by atoms with Gasteiger partial charge < -0.3 is 10.6 Å². The number of rotatable bonds is 3. The van der Waals surface area contributed by atoms with Gasteiger partial charge in [0, 0.05) is 0 Å². The van der Waals surface area contributed by atoms with E-state index < -0.39 is 37.3 Å². The second-order valence-electron chi connectivity index (χ2n) is 2.57. The van der Waals surface area contributed by atoms with Crippen LogP contribution in [0.2, 0.25) is 0 Å². The van der Waals surface area contributed by atoms with E-state index in [1.165, 1.54) is 5.32 Å². The molecule has 2 N–H and O–H groups in total. The second-order valence-corrected chi connectivity index (χ2v) is 2.57. The molecule has 0 bridgehead atoms. The first-order valence-electron chi connectivity index (χ1n) is 3.71. The fraction of sp³-hybridized carbons (Fsp3) is 0.667. The number of carbonyl (C=O) groups is 2. The van der Waals surface area contributed by atoms with Crippen LogP contribution in [-0.2, 0) is 9.59 Å². The minimum Gasteiger partial charge on any atom is -0.345 e. The topological polar surface area (TPSA) is 58.2 Å². The van der Waals surface area contributed by atoms with Crippen LogP contribution < -0.4 is 10.6 Å². The fourth-order valence-electron chi connectivity index (χ4n) is 0.522. The molecule has 0 unspecified atom stereocenters. The Morgan fingerprint density at radius 1 is 0.938 bits per heavy atom. The molecule has 16 heavy (non-hydrogen) atoms. The van der Waals surface area contributed by atoms with E-state index in [0.717, 1.165) is 5.32 Å². The molecule has 0 aliphatic heterocycles. The summed E-state index contributed by atoms with van der Waals surface area (Å²) in [5.74, 6) is -3.76. The Labute approximate surface area is 85.0 Å². The average Bonchev–Trinajstić information content (AvgIpc) is 2.08. The van der Waals surface area contributed by atoms with Gasteiger partial charge in [-0.3, -0.25) is 9.59 Å². The third kappa shape index (κ3) is 6.90. The number of hydrogen-bond donors (Lipinski definition) is 2. The first kappa shape index (κ1) is 14.5. The van der Waals surface area contributed by atoms with Crippen LogP contribution in [0.4, 0.5) is 26.3 Å². The van der Waals surface area contributed by atoms with Gasteiger partial charge in [0.1, 0.15) is 6.54 Å². The Morgan fingerprint density at radius 2 is 1.44 bits per heavy atom. The van der Waals surface area contributed by atoms with E-state index in [2.05, 4.69) is 0 Å². The Hall–Kier alpha value is -1.48. The van der Waals surface area contributed by atoms with Gasteiger partial charge in [0.2, 0.25) is 5.91 Å². The molecule has 0 fully saturated rings. The van der Waals surface area contributed by atoms with Crippen molar-refractivity contribution < 1.29 is 35.9 Å². The molecular weight excluding hydrogens is 246 g/mol. The van der Waals surface area contributed by atoms with Gasteiger partial charge in [-0.15, -0.1) is 0 Å². The van der Waals surface area contributed by atoms with Crippen LogP contribution in [0.1, 0.15) is 0 Å². The summed E-state index contributed by atoms with van der Waals surface area (Å²) in [6.45, 7) is -2.85. The van der Waals surface area contributed by atoms with Crippen molar-refractivity contribution in [2.24, 2.45) is 0 Å². The molecule has 0 radical (unpaired) electrons. The van der Waals surface area contributed by atoms with E-state index in [0.29, 0.717) is 0 Å². The monoisotopic (exact) mass is 252 g/mol. The lowest BCUT2D eigenvalue weighted by atomic mass is 10.5. The molecule has 2 amide bonds. The Kier molecular flexibility index (Phi) is 4.57. The van der Waals surface area contributed by atoms with E-state index in [1.807, 2.05) is 0 Å². The molecule has 10 heteroatoms. The standard InChI is InChI=1S/C6H6F6N2O2/c7-5(8,9)2-14-3(15)1-13-4(16)6(10,11)12/h1-2H2,(H,13,16)(H,14,15). The molecule has 0 rings (SSSR count). The van der Waals surface area contributed by atoms with Crippen LogP contribution in [-0.4, -0.2) is 37.3 Å². The van der Waals surface area contributed by atoms with Crippen molar-refractivity contribution in [3.8, 4) is 0 Å².